The third kappa shape index (κ3) is 7.01. The van der Waals surface area contributed by atoms with Crippen LogP contribution in [-0.2, 0) is 14.3 Å². The average molecular weight is 442 g/mol. The second-order valence-corrected chi connectivity index (χ2v) is 8.34. The van der Waals surface area contributed by atoms with Crippen molar-refractivity contribution in [1.82, 2.24) is 10.2 Å². The van der Waals surface area contributed by atoms with Crippen LogP contribution in [0.5, 0.6) is 5.75 Å². The minimum Gasteiger partial charge on any atom is -0.497 e. The summed E-state index contributed by atoms with van der Waals surface area (Å²) in [6.07, 6.45) is -0.700. The van der Waals surface area contributed by atoms with Gasteiger partial charge < -0.3 is 25.0 Å². The number of likely N-dealkylation sites (N-methyl/N-ethyl adjacent to an activating group) is 1. The molecule has 0 aliphatic carbocycles. The van der Waals surface area contributed by atoms with Crippen LogP contribution in [0.15, 0.2) is 48.5 Å². The second-order valence-electron chi connectivity index (χ2n) is 8.34. The monoisotopic (exact) mass is 441 g/mol. The van der Waals surface area contributed by atoms with Crippen LogP contribution in [0.1, 0.15) is 37.9 Å². The molecule has 0 saturated carbocycles. The molecule has 2 aromatic rings. The lowest BCUT2D eigenvalue weighted by atomic mass is 9.99. The van der Waals surface area contributed by atoms with Gasteiger partial charge in [0.15, 0.2) is 0 Å². The second kappa shape index (κ2) is 10.7. The van der Waals surface area contributed by atoms with Crippen molar-refractivity contribution < 1.29 is 23.9 Å². The molecular weight excluding hydrogens is 410 g/mol. The van der Waals surface area contributed by atoms with E-state index in [1.807, 2.05) is 25.1 Å². The van der Waals surface area contributed by atoms with Crippen molar-refractivity contribution in [2.24, 2.45) is 0 Å². The lowest BCUT2D eigenvalue weighted by Crippen LogP contribution is -2.44. The Morgan fingerprint density at radius 2 is 1.66 bits per heavy atom. The summed E-state index contributed by atoms with van der Waals surface area (Å²) in [5.41, 5.74) is 1.44. The van der Waals surface area contributed by atoms with Gasteiger partial charge in [-0.1, -0.05) is 24.3 Å². The molecule has 172 valence electrons. The van der Waals surface area contributed by atoms with E-state index in [0.29, 0.717) is 17.0 Å². The maximum atomic E-state index is 13.2. The van der Waals surface area contributed by atoms with Crippen molar-refractivity contribution in [2.75, 3.05) is 26.0 Å². The highest BCUT2D eigenvalue weighted by molar-refractivity contribution is 5.98. The summed E-state index contributed by atoms with van der Waals surface area (Å²) in [6, 6.07) is 13.4. The maximum Gasteiger partial charge on any atom is 0.408 e. The maximum absolute atomic E-state index is 13.2. The molecule has 2 N–H and O–H groups in total. The van der Waals surface area contributed by atoms with E-state index < -0.39 is 23.6 Å². The number of aryl methyl sites for hydroxylation is 1. The standard InChI is InChI=1S/C24H31N3O5/c1-16-9-7-8-10-19(16)21(22(29)26-17-11-13-18(31-6)14-12-17)27(5)20(28)15-25-23(30)32-24(2,3)4/h7-14,21H,15H2,1-6H3,(H,25,30)(H,26,29). The van der Waals surface area contributed by atoms with Crippen molar-refractivity contribution in [3.8, 4) is 5.75 Å². The van der Waals surface area contributed by atoms with Crippen LogP contribution in [0.25, 0.3) is 0 Å². The number of carbonyl (C=O) groups excluding carboxylic acids is 3. The molecule has 8 nitrogen and oxygen atoms in total. The van der Waals surface area contributed by atoms with Gasteiger partial charge in [-0.25, -0.2) is 4.79 Å². The Morgan fingerprint density at radius 1 is 1.03 bits per heavy atom. The number of methoxy groups -OCH3 is 1. The van der Waals surface area contributed by atoms with Crippen molar-refractivity contribution in [3.05, 3.63) is 59.7 Å². The number of carbonyl (C=O) groups is 3. The van der Waals surface area contributed by atoms with Gasteiger partial charge in [0.05, 0.1) is 7.11 Å². The summed E-state index contributed by atoms with van der Waals surface area (Å²) in [4.78, 5) is 39.3. The van der Waals surface area contributed by atoms with Crippen LogP contribution in [0.3, 0.4) is 0 Å². The zero-order valence-corrected chi connectivity index (χ0v) is 19.4. The van der Waals surface area contributed by atoms with Gasteiger partial charge in [-0.15, -0.1) is 0 Å². The van der Waals surface area contributed by atoms with E-state index in [1.165, 1.54) is 11.9 Å². The lowest BCUT2D eigenvalue weighted by molar-refractivity contribution is -0.136. The molecule has 1 atom stereocenters. The van der Waals surface area contributed by atoms with Crippen LogP contribution in [-0.4, -0.2) is 49.1 Å². The number of hydrogen-bond donors (Lipinski definition) is 2. The summed E-state index contributed by atoms with van der Waals surface area (Å²) in [7, 11) is 3.09. The van der Waals surface area contributed by atoms with Gasteiger partial charge in [-0.3, -0.25) is 9.59 Å². The molecule has 8 heteroatoms. The number of anilines is 1. The lowest BCUT2D eigenvalue weighted by Gasteiger charge is -2.29. The van der Waals surface area contributed by atoms with Gasteiger partial charge in [0, 0.05) is 12.7 Å². The molecule has 3 amide bonds. The summed E-state index contributed by atoms with van der Waals surface area (Å²) in [6.45, 7) is 6.78. The number of nitrogens with zero attached hydrogens (tertiary/aromatic N) is 1. The fourth-order valence-electron chi connectivity index (χ4n) is 3.03. The molecule has 0 saturated heterocycles. The van der Waals surface area contributed by atoms with Gasteiger partial charge in [0.2, 0.25) is 5.91 Å². The summed E-state index contributed by atoms with van der Waals surface area (Å²) in [5.74, 6) is -0.148. The number of alkyl carbamates (subject to hydrolysis) is 1. The molecule has 0 fully saturated rings. The zero-order chi connectivity index (χ0) is 23.9. The van der Waals surface area contributed by atoms with Crippen molar-refractivity contribution in [2.45, 2.75) is 39.3 Å². The zero-order valence-electron chi connectivity index (χ0n) is 19.4. The third-order valence-electron chi connectivity index (χ3n) is 4.65. The normalized spacial score (nSPS) is 11.8. The largest absolute Gasteiger partial charge is 0.497 e. The van der Waals surface area contributed by atoms with E-state index >= 15 is 0 Å². The Kier molecular flexibility index (Phi) is 8.23. The van der Waals surface area contributed by atoms with Crippen LogP contribution in [0.2, 0.25) is 0 Å². The Balaban J connectivity index is 2.20. The Morgan fingerprint density at radius 3 is 2.22 bits per heavy atom. The van der Waals surface area contributed by atoms with Crippen molar-refractivity contribution in [3.63, 3.8) is 0 Å². The van der Waals surface area contributed by atoms with Gasteiger partial charge in [0.25, 0.3) is 5.91 Å². The highest BCUT2D eigenvalue weighted by Gasteiger charge is 2.30. The molecule has 32 heavy (non-hydrogen) atoms. The fourth-order valence-corrected chi connectivity index (χ4v) is 3.03. The van der Waals surface area contributed by atoms with Gasteiger partial charge in [-0.05, 0) is 63.1 Å². The smallest absolute Gasteiger partial charge is 0.408 e. The number of benzene rings is 2. The van der Waals surface area contributed by atoms with Crippen LogP contribution in [0, 0.1) is 6.92 Å². The van der Waals surface area contributed by atoms with E-state index in [0.717, 1.165) is 5.56 Å². The predicted octanol–water partition coefficient (Wildman–Crippen LogP) is 3.67. The number of hydrogen-bond acceptors (Lipinski definition) is 5. The SMILES string of the molecule is COc1ccc(NC(=O)C(c2ccccc2C)N(C)C(=O)CNC(=O)OC(C)(C)C)cc1. The number of nitrogens with one attached hydrogen (secondary N) is 2. The first-order valence-electron chi connectivity index (χ1n) is 10.2. The molecule has 0 radical (unpaired) electrons. The number of ether oxygens (including phenoxy) is 2. The van der Waals surface area contributed by atoms with Gasteiger partial charge in [0.1, 0.15) is 23.9 Å². The summed E-state index contributed by atoms with van der Waals surface area (Å²) >= 11 is 0. The minimum atomic E-state index is -0.897. The van der Waals surface area contributed by atoms with Gasteiger partial charge >= 0.3 is 6.09 Å². The molecule has 0 heterocycles. The molecule has 0 spiro atoms. The van der Waals surface area contributed by atoms with E-state index in [1.54, 1.807) is 58.2 Å². The highest BCUT2D eigenvalue weighted by atomic mass is 16.6. The number of rotatable bonds is 7. The summed E-state index contributed by atoms with van der Waals surface area (Å²) < 4.78 is 10.3. The average Bonchev–Trinajstić information content (AvgIpc) is 2.72. The summed E-state index contributed by atoms with van der Waals surface area (Å²) in [5, 5.41) is 5.29. The van der Waals surface area contributed by atoms with Crippen molar-refractivity contribution >= 4 is 23.6 Å². The van der Waals surface area contributed by atoms with E-state index in [9.17, 15) is 14.4 Å². The van der Waals surface area contributed by atoms with Crippen LogP contribution < -0.4 is 15.4 Å². The third-order valence-corrected chi connectivity index (χ3v) is 4.65. The molecule has 0 aliphatic heterocycles. The highest BCUT2D eigenvalue weighted by Crippen LogP contribution is 2.25. The minimum absolute atomic E-state index is 0.302. The first-order valence-corrected chi connectivity index (χ1v) is 10.2. The first-order chi connectivity index (χ1) is 15.0. The molecule has 1 unspecified atom stereocenters. The molecular formula is C24H31N3O5. The Hall–Kier alpha value is -3.55. The molecule has 0 aromatic heterocycles. The fraction of sp³-hybridized carbons (Fsp3) is 0.375. The molecule has 0 bridgehead atoms. The van der Waals surface area contributed by atoms with Crippen LogP contribution >= 0.6 is 0 Å². The Bertz CT molecular complexity index is 951. The predicted molar refractivity (Wildman–Crippen MR) is 123 cm³/mol. The molecule has 2 rings (SSSR count). The first kappa shape index (κ1) is 24.7. The molecule has 2 aromatic carbocycles. The van der Waals surface area contributed by atoms with Crippen molar-refractivity contribution in [1.29, 1.82) is 0 Å². The topological polar surface area (TPSA) is 97.0 Å². The van der Waals surface area contributed by atoms with E-state index in [-0.39, 0.29) is 12.5 Å². The molecule has 0 aliphatic rings. The Labute approximate surface area is 188 Å². The quantitative estimate of drug-likeness (QED) is 0.683. The number of amides is 3. The van der Waals surface area contributed by atoms with E-state index in [2.05, 4.69) is 10.6 Å². The van der Waals surface area contributed by atoms with E-state index in [4.69, 9.17) is 9.47 Å². The van der Waals surface area contributed by atoms with Crippen LogP contribution in [0.4, 0.5) is 10.5 Å². The van der Waals surface area contributed by atoms with Gasteiger partial charge in [-0.2, -0.15) is 0 Å².